The lowest BCUT2D eigenvalue weighted by atomic mass is 10.1. The normalized spacial score (nSPS) is 16.0. The van der Waals surface area contributed by atoms with Crippen molar-refractivity contribution in [1.29, 1.82) is 0 Å². The van der Waals surface area contributed by atoms with E-state index in [0.29, 0.717) is 29.1 Å². The van der Waals surface area contributed by atoms with Gasteiger partial charge < -0.3 is 31.3 Å². The fourth-order valence-corrected chi connectivity index (χ4v) is 2.30. The summed E-state index contributed by atoms with van der Waals surface area (Å²) in [7, 11) is 7.42. The van der Waals surface area contributed by atoms with E-state index in [0.717, 1.165) is 18.8 Å². The number of aliphatic imine (C=N–C) groups is 1. The molecule has 0 atom stereocenters. The molecule has 7 heteroatoms. The third kappa shape index (κ3) is 3.13. The van der Waals surface area contributed by atoms with Gasteiger partial charge in [0.05, 0.1) is 24.2 Å². The van der Waals surface area contributed by atoms with Crippen molar-refractivity contribution in [2.75, 3.05) is 57.3 Å². The van der Waals surface area contributed by atoms with Crippen molar-refractivity contribution in [2.45, 2.75) is 6.04 Å². The van der Waals surface area contributed by atoms with Gasteiger partial charge in [-0.15, -0.1) is 0 Å². The van der Waals surface area contributed by atoms with Crippen LogP contribution in [0.4, 0.5) is 17.1 Å². The smallest absolute Gasteiger partial charge is 0.192 e. The average molecular weight is 292 g/mol. The van der Waals surface area contributed by atoms with Gasteiger partial charge in [-0.05, 0) is 20.2 Å². The Morgan fingerprint density at radius 3 is 2.62 bits per heavy atom. The summed E-state index contributed by atoms with van der Waals surface area (Å²) in [6.07, 6.45) is 0. The molecule has 1 aliphatic heterocycles. The third-order valence-corrected chi connectivity index (χ3v) is 3.79. The fourth-order valence-electron chi connectivity index (χ4n) is 2.30. The molecule has 1 aromatic rings. The summed E-state index contributed by atoms with van der Waals surface area (Å²) in [5.74, 6) is 1.01. The molecule has 1 aliphatic rings. The van der Waals surface area contributed by atoms with Gasteiger partial charge in [-0.2, -0.15) is 0 Å². The van der Waals surface area contributed by atoms with E-state index in [1.807, 2.05) is 12.1 Å². The first-order valence-electron chi connectivity index (χ1n) is 6.84. The first-order chi connectivity index (χ1) is 9.96. The van der Waals surface area contributed by atoms with E-state index in [9.17, 15) is 0 Å². The molecule has 2 rings (SSSR count). The molecule has 5 N–H and O–H groups in total. The number of nitrogens with two attached hydrogens (primary N) is 2. The van der Waals surface area contributed by atoms with Crippen LogP contribution in [-0.4, -0.2) is 58.2 Å². The van der Waals surface area contributed by atoms with E-state index < -0.39 is 0 Å². The minimum Gasteiger partial charge on any atom is -0.494 e. The van der Waals surface area contributed by atoms with Crippen molar-refractivity contribution in [2.24, 2.45) is 10.7 Å². The molecule has 0 spiro atoms. The van der Waals surface area contributed by atoms with E-state index in [-0.39, 0.29) is 0 Å². The zero-order chi connectivity index (χ0) is 15.6. The molecule has 21 heavy (non-hydrogen) atoms. The number of ether oxygens (including phenoxy) is 1. The summed E-state index contributed by atoms with van der Waals surface area (Å²) in [6.45, 7) is 1.93. The van der Waals surface area contributed by atoms with E-state index >= 15 is 0 Å². The summed E-state index contributed by atoms with van der Waals surface area (Å²) in [4.78, 5) is 8.33. The number of nitrogen functional groups attached to an aromatic ring is 1. The second-order valence-corrected chi connectivity index (χ2v) is 5.37. The lowest BCUT2D eigenvalue weighted by Crippen LogP contribution is -2.57. The lowest BCUT2D eigenvalue weighted by molar-refractivity contribution is 0.247. The Labute approximate surface area is 125 Å². The maximum atomic E-state index is 6.16. The molecule has 116 valence electrons. The first kappa shape index (κ1) is 15.2. The van der Waals surface area contributed by atoms with Gasteiger partial charge in [-0.1, -0.05) is 0 Å². The molecule has 0 saturated carbocycles. The van der Waals surface area contributed by atoms with Gasteiger partial charge in [0.15, 0.2) is 5.96 Å². The fraction of sp³-hybridized carbons (Fsp3) is 0.500. The Balaban J connectivity index is 2.21. The van der Waals surface area contributed by atoms with Crippen molar-refractivity contribution < 1.29 is 4.74 Å². The minimum absolute atomic E-state index is 0.317. The monoisotopic (exact) mass is 292 g/mol. The maximum Gasteiger partial charge on any atom is 0.192 e. The number of nitrogens with zero attached hydrogens (tertiary/aromatic N) is 3. The van der Waals surface area contributed by atoms with Crippen LogP contribution in [0, 0.1) is 0 Å². The largest absolute Gasteiger partial charge is 0.494 e. The highest BCUT2D eigenvalue weighted by molar-refractivity contribution is 5.95. The van der Waals surface area contributed by atoms with Crippen LogP contribution in [0.1, 0.15) is 0 Å². The SMILES string of the molecule is CN=C(N)Nc1cc(N)c(N2CC(N(C)C)C2)cc1OC. The number of hydrogen-bond acceptors (Lipinski definition) is 5. The highest BCUT2D eigenvalue weighted by atomic mass is 16.5. The molecule has 1 saturated heterocycles. The van der Waals surface area contributed by atoms with Crippen molar-refractivity contribution in [1.82, 2.24) is 4.90 Å². The second-order valence-electron chi connectivity index (χ2n) is 5.37. The van der Waals surface area contributed by atoms with Gasteiger partial charge in [0, 0.05) is 32.2 Å². The van der Waals surface area contributed by atoms with E-state index in [1.165, 1.54) is 0 Å². The number of benzene rings is 1. The number of methoxy groups -OCH3 is 1. The van der Waals surface area contributed by atoms with Crippen LogP contribution in [0.15, 0.2) is 17.1 Å². The number of rotatable bonds is 4. The van der Waals surface area contributed by atoms with Gasteiger partial charge in [0.1, 0.15) is 5.75 Å². The van der Waals surface area contributed by atoms with Crippen LogP contribution in [-0.2, 0) is 0 Å². The first-order valence-corrected chi connectivity index (χ1v) is 6.84. The predicted molar refractivity (Wildman–Crippen MR) is 88.3 cm³/mol. The number of nitrogens with one attached hydrogen (secondary N) is 1. The third-order valence-electron chi connectivity index (χ3n) is 3.79. The second kappa shape index (κ2) is 6.09. The summed E-state index contributed by atoms with van der Waals surface area (Å²) in [6, 6.07) is 4.33. The maximum absolute atomic E-state index is 6.16. The summed E-state index contributed by atoms with van der Waals surface area (Å²) in [5.41, 5.74) is 14.3. The minimum atomic E-state index is 0.317. The Kier molecular flexibility index (Phi) is 4.42. The van der Waals surface area contributed by atoms with Crippen LogP contribution in [0.25, 0.3) is 0 Å². The average Bonchev–Trinajstić information content (AvgIpc) is 2.38. The Morgan fingerprint density at radius 2 is 2.10 bits per heavy atom. The Morgan fingerprint density at radius 1 is 1.43 bits per heavy atom. The molecular formula is C14H24N6O. The van der Waals surface area contributed by atoms with Crippen LogP contribution >= 0.6 is 0 Å². The number of likely N-dealkylation sites (N-methyl/N-ethyl adjacent to an activating group) is 1. The predicted octanol–water partition coefficient (Wildman–Crippen LogP) is 0.384. The quantitative estimate of drug-likeness (QED) is 0.422. The van der Waals surface area contributed by atoms with Gasteiger partial charge in [0.2, 0.25) is 0 Å². The lowest BCUT2D eigenvalue weighted by Gasteiger charge is -2.44. The summed E-state index contributed by atoms with van der Waals surface area (Å²) < 4.78 is 5.41. The van der Waals surface area contributed by atoms with Crippen LogP contribution < -0.4 is 26.4 Å². The van der Waals surface area contributed by atoms with E-state index in [4.69, 9.17) is 16.2 Å². The number of hydrogen-bond donors (Lipinski definition) is 3. The molecule has 0 bridgehead atoms. The molecule has 0 aliphatic carbocycles. The van der Waals surface area contributed by atoms with Crippen molar-refractivity contribution in [3.63, 3.8) is 0 Å². The topological polar surface area (TPSA) is 92.1 Å². The summed E-state index contributed by atoms with van der Waals surface area (Å²) >= 11 is 0. The van der Waals surface area contributed by atoms with Crippen LogP contribution in [0.3, 0.4) is 0 Å². The molecule has 7 nitrogen and oxygen atoms in total. The molecule has 0 aromatic heterocycles. The zero-order valence-corrected chi connectivity index (χ0v) is 13.1. The highest BCUT2D eigenvalue weighted by Crippen LogP contribution is 2.37. The van der Waals surface area contributed by atoms with E-state index in [1.54, 1.807) is 14.2 Å². The Hall–Kier alpha value is -2.15. The van der Waals surface area contributed by atoms with Crippen molar-refractivity contribution >= 4 is 23.0 Å². The van der Waals surface area contributed by atoms with Crippen molar-refractivity contribution in [3.05, 3.63) is 12.1 Å². The van der Waals surface area contributed by atoms with Crippen LogP contribution in [0.5, 0.6) is 5.75 Å². The molecular weight excluding hydrogens is 268 g/mol. The molecule has 1 heterocycles. The van der Waals surface area contributed by atoms with Crippen molar-refractivity contribution in [3.8, 4) is 5.75 Å². The number of anilines is 3. The molecule has 0 radical (unpaired) electrons. The van der Waals surface area contributed by atoms with Gasteiger partial charge in [-0.3, -0.25) is 4.99 Å². The summed E-state index contributed by atoms with van der Waals surface area (Å²) in [5, 5.41) is 2.98. The van der Waals surface area contributed by atoms with Gasteiger partial charge in [0.25, 0.3) is 0 Å². The standard InChI is InChI=1S/C14H24N6O/c1-17-14(16)18-11-5-10(15)12(6-13(11)21-4)20-7-9(8-20)19(2)3/h5-6,9H,7-8,15H2,1-4H3,(H3,16,17,18). The van der Waals surface area contributed by atoms with Gasteiger partial charge >= 0.3 is 0 Å². The molecule has 1 fully saturated rings. The molecule has 1 aromatic carbocycles. The van der Waals surface area contributed by atoms with E-state index in [2.05, 4.69) is 34.2 Å². The highest BCUT2D eigenvalue weighted by Gasteiger charge is 2.30. The van der Waals surface area contributed by atoms with Gasteiger partial charge in [-0.25, -0.2) is 0 Å². The molecule has 0 unspecified atom stereocenters. The Bertz CT molecular complexity index is 537. The number of guanidine groups is 1. The zero-order valence-electron chi connectivity index (χ0n) is 13.1. The van der Waals surface area contributed by atoms with Crippen LogP contribution in [0.2, 0.25) is 0 Å². The molecule has 0 amide bonds.